The van der Waals surface area contributed by atoms with Crippen molar-refractivity contribution in [3.8, 4) is 0 Å². The molecule has 0 spiro atoms. The molecular weight excluding hydrogens is 255 g/mol. The molecule has 2 rings (SSSR count). The van der Waals surface area contributed by atoms with Crippen molar-refractivity contribution >= 4 is 33.3 Å². The molecule has 5 heteroatoms. The van der Waals surface area contributed by atoms with Gasteiger partial charge in [-0.25, -0.2) is 10.0 Å². The number of hydrogen-bond acceptors (Lipinski definition) is 3. The lowest BCUT2D eigenvalue weighted by Gasteiger charge is -2.15. The van der Waals surface area contributed by atoms with Gasteiger partial charge < -0.3 is 0 Å². The van der Waals surface area contributed by atoms with E-state index in [1.165, 1.54) is 0 Å². The Bertz CT molecular complexity index is 315. The van der Waals surface area contributed by atoms with Gasteiger partial charge in [-0.1, -0.05) is 11.6 Å². The second-order valence-electron chi connectivity index (χ2n) is 2.75. The molecular formula is C8H8BrClN2O. The average Bonchev–Trinajstić information content (AvgIpc) is 2.56. The maximum absolute atomic E-state index is 6.00. The van der Waals surface area contributed by atoms with Gasteiger partial charge in [0.25, 0.3) is 0 Å². The van der Waals surface area contributed by atoms with Crippen molar-refractivity contribution in [2.75, 3.05) is 18.2 Å². The van der Waals surface area contributed by atoms with Gasteiger partial charge in [0.1, 0.15) is 0 Å². The van der Waals surface area contributed by atoms with Gasteiger partial charge >= 0.3 is 0 Å². The first-order valence-corrected chi connectivity index (χ1v) is 5.16. The maximum Gasteiger partial charge on any atom is 0.171 e. The van der Waals surface area contributed by atoms with Crippen LogP contribution in [0.15, 0.2) is 16.7 Å². The van der Waals surface area contributed by atoms with E-state index in [0.29, 0.717) is 10.8 Å². The van der Waals surface area contributed by atoms with E-state index in [4.69, 9.17) is 16.4 Å². The zero-order valence-corrected chi connectivity index (χ0v) is 9.18. The number of nitrogens with zero attached hydrogens (tertiary/aromatic N) is 2. The van der Waals surface area contributed by atoms with Crippen molar-refractivity contribution in [2.45, 2.75) is 6.42 Å². The minimum Gasteiger partial charge on any atom is -0.272 e. The van der Waals surface area contributed by atoms with Crippen LogP contribution in [0, 0.1) is 0 Å². The SMILES string of the molecule is Clc1cc(Br)cnc1N1CCCO1. The van der Waals surface area contributed by atoms with Gasteiger partial charge in [0.15, 0.2) is 5.82 Å². The first kappa shape index (κ1) is 9.24. The highest BCUT2D eigenvalue weighted by Crippen LogP contribution is 2.27. The molecule has 1 aliphatic rings. The van der Waals surface area contributed by atoms with Crippen LogP contribution >= 0.6 is 27.5 Å². The first-order valence-electron chi connectivity index (χ1n) is 3.99. The summed E-state index contributed by atoms with van der Waals surface area (Å²) in [5, 5.41) is 2.34. The van der Waals surface area contributed by atoms with E-state index in [1.807, 2.05) is 6.07 Å². The fraction of sp³-hybridized carbons (Fsp3) is 0.375. The van der Waals surface area contributed by atoms with Gasteiger partial charge in [-0.05, 0) is 28.4 Å². The van der Waals surface area contributed by atoms with Crippen LogP contribution in [0.25, 0.3) is 0 Å². The zero-order valence-electron chi connectivity index (χ0n) is 6.83. The molecule has 13 heavy (non-hydrogen) atoms. The molecule has 1 saturated heterocycles. The van der Waals surface area contributed by atoms with Gasteiger partial charge in [0.05, 0.1) is 11.6 Å². The summed E-state index contributed by atoms with van der Waals surface area (Å²) in [6.07, 6.45) is 2.73. The molecule has 1 aromatic rings. The molecule has 0 unspecified atom stereocenters. The van der Waals surface area contributed by atoms with Gasteiger partial charge in [-0.2, -0.15) is 0 Å². The Kier molecular flexibility index (Phi) is 2.71. The number of hydrogen-bond donors (Lipinski definition) is 0. The van der Waals surface area contributed by atoms with E-state index >= 15 is 0 Å². The monoisotopic (exact) mass is 262 g/mol. The second-order valence-corrected chi connectivity index (χ2v) is 4.07. The molecule has 70 valence electrons. The lowest BCUT2D eigenvalue weighted by atomic mass is 10.4. The summed E-state index contributed by atoms with van der Waals surface area (Å²) >= 11 is 9.29. The number of hydroxylamine groups is 1. The van der Waals surface area contributed by atoms with Crippen molar-refractivity contribution in [3.63, 3.8) is 0 Å². The highest BCUT2D eigenvalue weighted by molar-refractivity contribution is 9.10. The Morgan fingerprint density at radius 1 is 1.62 bits per heavy atom. The molecule has 1 aromatic heterocycles. The van der Waals surface area contributed by atoms with Crippen molar-refractivity contribution in [1.29, 1.82) is 0 Å². The van der Waals surface area contributed by atoms with Crippen LogP contribution in [0.2, 0.25) is 5.02 Å². The first-order chi connectivity index (χ1) is 6.27. The molecule has 1 aliphatic heterocycles. The van der Waals surface area contributed by atoms with Gasteiger partial charge in [-0.3, -0.25) is 4.84 Å². The Labute approximate surface area is 89.7 Å². The quantitative estimate of drug-likeness (QED) is 0.779. The van der Waals surface area contributed by atoms with Gasteiger partial charge in [-0.15, -0.1) is 0 Å². The fourth-order valence-electron chi connectivity index (χ4n) is 1.21. The summed E-state index contributed by atoms with van der Waals surface area (Å²) in [4.78, 5) is 9.51. The number of halogens is 2. The lowest BCUT2D eigenvalue weighted by molar-refractivity contribution is 0.166. The van der Waals surface area contributed by atoms with Crippen LogP contribution in [0.1, 0.15) is 6.42 Å². The number of anilines is 1. The Balaban J connectivity index is 2.29. The van der Waals surface area contributed by atoms with Crippen LogP contribution in [0.3, 0.4) is 0 Å². The Morgan fingerprint density at radius 3 is 3.08 bits per heavy atom. The van der Waals surface area contributed by atoms with Crippen molar-refractivity contribution in [3.05, 3.63) is 21.8 Å². The van der Waals surface area contributed by atoms with E-state index in [0.717, 1.165) is 24.0 Å². The van der Waals surface area contributed by atoms with Crippen LogP contribution in [-0.2, 0) is 4.84 Å². The zero-order chi connectivity index (χ0) is 9.26. The van der Waals surface area contributed by atoms with Crippen LogP contribution in [-0.4, -0.2) is 18.1 Å². The molecule has 0 amide bonds. The smallest absolute Gasteiger partial charge is 0.171 e. The van der Waals surface area contributed by atoms with E-state index in [1.54, 1.807) is 11.3 Å². The van der Waals surface area contributed by atoms with Crippen molar-refractivity contribution in [2.24, 2.45) is 0 Å². The minimum absolute atomic E-state index is 0.608. The maximum atomic E-state index is 6.00. The van der Waals surface area contributed by atoms with E-state index in [9.17, 15) is 0 Å². The van der Waals surface area contributed by atoms with E-state index in [-0.39, 0.29) is 0 Å². The van der Waals surface area contributed by atoms with Gasteiger partial charge in [0.2, 0.25) is 0 Å². The molecule has 0 aliphatic carbocycles. The molecule has 0 radical (unpaired) electrons. The summed E-state index contributed by atoms with van der Waals surface area (Å²) < 4.78 is 0.875. The number of pyridine rings is 1. The molecule has 1 fully saturated rings. The molecule has 0 bridgehead atoms. The highest BCUT2D eigenvalue weighted by Gasteiger charge is 2.17. The second kappa shape index (κ2) is 3.82. The summed E-state index contributed by atoms with van der Waals surface area (Å²) in [5.41, 5.74) is 0. The number of rotatable bonds is 1. The molecule has 0 saturated carbocycles. The average molecular weight is 264 g/mol. The molecule has 3 nitrogen and oxygen atoms in total. The van der Waals surface area contributed by atoms with Crippen LogP contribution in [0.5, 0.6) is 0 Å². The fourth-order valence-corrected chi connectivity index (χ4v) is 1.93. The van der Waals surface area contributed by atoms with E-state index < -0.39 is 0 Å². The third kappa shape index (κ3) is 1.95. The van der Waals surface area contributed by atoms with Crippen LogP contribution < -0.4 is 5.06 Å². The third-order valence-electron chi connectivity index (χ3n) is 1.78. The minimum atomic E-state index is 0.608. The van der Waals surface area contributed by atoms with Crippen molar-refractivity contribution in [1.82, 2.24) is 4.98 Å². The highest BCUT2D eigenvalue weighted by atomic mass is 79.9. The predicted molar refractivity (Wildman–Crippen MR) is 54.9 cm³/mol. The summed E-state index contributed by atoms with van der Waals surface area (Å²) in [5.74, 6) is 0.697. The summed E-state index contributed by atoms with van der Waals surface area (Å²) in [7, 11) is 0. The summed E-state index contributed by atoms with van der Waals surface area (Å²) in [6, 6.07) is 1.81. The Morgan fingerprint density at radius 2 is 2.46 bits per heavy atom. The normalized spacial score (nSPS) is 16.6. The standard InChI is InChI=1S/C8H8BrClN2O/c9-6-4-7(10)8(11-5-6)12-2-1-3-13-12/h4-5H,1-3H2. The van der Waals surface area contributed by atoms with Crippen LogP contribution in [0.4, 0.5) is 5.82 Å². The molecule has 0 atom stereocenters. The summed E-state index contributed by atoms with van der Waals surface area (Å²) in [6.45, 7) is 1.60. The molecule has 0 N–H and O–H groups in total. The molecule has 2 heterocycles. The van der Waals surface area contributed by atoms with E-state index in [2.05, 4.69) is 20.9 Å². The predicted octanol–water partition coefficient (Wildman–Crippen LogP) is 2.64. The third-order valence-corrected chi connectivity index (χ3v) is 2.49. The van der Waals surface area contributed by atoms with Crippen molar-refractivity contribution < 1.29 is 4.84 Å². The molecule has 0 aromatic carbocycles. The topological polar surface area (TPSA) is 25.4 Å². The number of aromatic nitrogens is 1. The lowest BCUT2D eigenvalue weighted by Crippen LogP contribution is -2.17. The largest absolute Gasteiger partial charge is 0.272 e. The Hall–Kier alpha value is -0.320. The van der Waals surface area contributed by atoms with Gasteiger partial charge in [0, 0.05) is 17.2 Å².